The SMILES string of the molecule is CC1CC(c2ccccc2)CN1C(=O)[C@@H]1CCC[C@@H]1CN.Cl. The van der Waals surface area contributed by atoms with Gasteiger partial charge in [-0.25, -0.2) is 0 Å². The zero-order valence-corrected chi connectivity index (χ0v) is 14.1. The van der Waals surface area contributed by atoms with Crippen molar-refractivity contribution in [3.05, 3.63) is 35.9 Å². The molecule has 122 valence electrons. The molecule has 1 aromatic rings. The molecule has 22 heavy (non-hydrogen) atoms. The Morgan fingerprint density at radius 3 is 2.68 bits per heavy atom. The molecule has 2 unspecified atom stereocenters. The molecule has 1 aliphatic heterocycles. The summed E-state index contributed by atoms with van der Waals surface area (Å²) in [4.78, 5) is 15.0. The largest absolute Gasteiger partial charge is 0.339 e. The van der Waals surface area contributed by atoms with Crippen LogP contribution < -0.4 is 5.73 Å². The van der Waals surface area contributed by atoms with Gasteiger partial charge < -0.3 is 10.6 Å². The lowest BCUT2D eigenvalue weighted by Gasteiger charge is -2.27. The van der Waals surface area contributed by atoms with Crippen LogP contribution in [0.15, 0.2) is 30.3 Å². The number of carbonyl (C=O) groups excluding carboxylic acids is 1. The molecule has 3 nitrogen and oxygen atoms in total. The number of hydrogen-bond donors (Lipinski definition) is 1. The van der Waals surface area contributed by atoms with E-state index in [1.54, 1.807) is 0 Å². The van der Waals surface area contributed by atoms with Crippen molar-refractivity contribution < 1.29 is 4.79 Å². The van der Waals surface area contributed by atoms with E-state index in [4.69, 9.17) is 5.73 Å². The fraction of sp³-hybridized carbons (Fsp3) is 0.611. The van der Waals surface area contributed by atoms with Crippen molar-refractivity contribution >= 4 is 18.3 Å². The summed E-state index contributed by atoms with van der Waals surface area (Å²) in [6.45, 7) is 3.71. The van der Waals surface area contributed by atoms with E-state index in [0.717, 1.165) is 32.2 Å². The van der Waals surface area contributed by atoms with Crippen LogP contribution in [0.4, 0.5) is 0 Å². The number of benzene rings is 1. The standard InChI is InChI=1S/C18H26N2O.ClH/c1-13-10-16(14-6-3-2-4-7-14)12-20(13)18(21)17-9-5-8-15(17)11-19;/h2-4,6-7,13,15-17H,5,8-12,19H2,1H3;1H/t13?,15-,16?,17-;/m1./s1. The van der Waals surface area contributed by atoms with Gasteiger partial charge in [0.1, 0.15) is 0 Å². The van der Waals surface area contributed by atoms with E-state index >= 15 is 0 Å². The van der Waals surface area contributed by atoms with Crippen LogP contribution in [0.25, 0.3) is 0 Å². The second-order valence-electron chi connectivity index (χ2n) is 6.72. The second kappa shape index (κ2) is 7.47. The van der Waals surface area contributed by atoms with Crippen LogP contribution in [0.3, 0.4) is 0 Å². The van der Waals surface area contributed by atoms with Crippen LogP contribution in [-0.2, 0) is 4.79 Å². The highest BCUT2D eigenvalue weighted by molar-refractivity contribution is 5.85. The zero-order valence-electron chi connectivity index (χ0n) is 13.3. The van der Waals surface area contributed by atoms with Crippen LogP contribution in [0.2, 0.25) is 0 Å². The van der Waals surface area contributed by atoms with Gasteiger partial charge in [-0.1, -0.05) is 36.8 Å². The van der Waals surface area contributed by atoms with Crippen molar-refractivity contribution in [2.24, 2.45) is 17.6 Å². The third-order valence-corrected chi connectivity index (χ3v) is 5.41. The van der Waals surface area contributed by atoms with Crippen molar-refractivity contribution in [2.45, 2.75) is 44.6 Å². The first kappa shape index (κ1) is 17.3. The number of nitrogens with two attached hydrogens (primary N) is 1. The van der Waals surface area contributed by atoms with Crippen LogP contribution in [0, 0.1) is 11.8 Å². The topological polar surface area (TPSA) is 46.3 Å². The molecule has 2 aliphatic rings. The van der Waals surface area contributed by atoms with E-state index in [2.05, 4.69) is 42.2 Å². The van der Waals surface area contributed by atoms with Crippen molar-refractivity contribution in [1.82, 2.24) is 4.90 Å². The maximum atomic E-state index is 12.9. The quantitative estimate of drug-likeness (QED) is 0.929. The Morgan fingerprint density at radius 2 is 2.00 bits per heavy atom. The summed E-state index contributed by atoms with van der Waals surface area (Å²) < 4.78 is 0. The number of carbonyl (C=O) groups is 1. The van der Waals surface area contributed by atoms with Gasteiger partial charge in [-0.05, 0) is 44.2 Å². The Balaban J connectivity index is 0.00000176. The Bertz CT molecular complexity index is 493. The van der Waals surface area contributed by atoms with Gasteiger partial charge in [0, 0.05) is 24.4 Å². The molecule has 0 radical (unpaired) electrons. The van der Waals surface area contributed by atoms with Gasteiger partial charge in [-0.3, -0.25) is 4.79 Å². The van der Waals surface area contributed by atoms with Crippen molar-refractivity contribution in [3.63, 3.8) is 0 Å². The lowest BCUT2D eigenvalue weighted by atomic mass is 9.94. The van der Waals surface area contributed by atoms with Crippen LogP contribution in [-0.4, -0.2) is 29.9 Å². The van der Waals surface area contributed by atoms with Gasteiger partial charge in [0.15, 0.2) is 0 Å². The zero-order chi connectivity index (χ0) is 14.8. The highest BCUT2D eigenvalue weighted by atomic mass is 35.5. The fourth-order valence-corrected chi connectivity index (χ4v) is 4.16. The smallest absolute Gasteiger partial charge is 0.226 e. The number of nitrogens with zero attached hydrogens (tertiary/aromatic N) is 1. The summed E-state index contributed by atoms with van der Waals surface area (Å²) in [5.41, 5.74) is 7.21. The maximum absolute atomic E-state index is 12.9. The molecule has 0 spiro atoms. The minimum absolute atomic E-state index is 0. The van der Waals surface area contributed by atoms with E-state index in [9.17, 15) is 4.79 Å². The van der Waals surface area contributed by atoms with Gasteiger partial charge in [0.2, 0.25) is 5.91 Å². The molecule has 4 heteroatoms. The first-order valence-corrected chi connectivity index (χ1v) is 8.26. The first-order chi connectivity index (χ1) is 10.2. The predicted molar refractivity (Wildman–Crippen MR) is 92.1 cm³/mol. The predicted octanol–water partition coefficient (Wildman–Crippen LogP) is 3.19. The normalized spacial score (nSPS) is 31.1. The van der Waals surface area contributed by atoms with Gasteiger partial charge in [-0.2, -0.15) is 0 Å². The number of amides is 1. The van der Waals surface area contributed by atoms with Crippen LogP contribution in [0.1, 0.15) is 44.1 Å². The van der Waals surface area contributed by atoms with E-state index < -0.39 is 0 Å². The van der Waals surface area contributed by atoms with Crippen molar-refractivity contribution in [2.75, 3.05) is 13.1 Å². The molecule has 0 bridgehead atoms. The summed E-state index contributed by atoms with van der Waals surface area (Å²) in [6, 6.07) is 10.9. The minimum atomic E-state index is 0. The monoisotopic (exact) mass is 322 g/mol. The molecule has 1 amide bonds. The summed E-state index contributed by atoms with van der Waals surface area (Å²) in [7, 11) is 0. The van der Waals surface area contributed by atoms with Gasteiger partial charge in [0.05, 0.1) is 0 Å². The van der Waals surface area contributed by atoms with Crippen LogP contribution in [0.5, 0.6) is 0 Å². The number of hydrogen-bond acceptors (Lipinski definition) is 2. The Kier molecular flexibility index (Phi) is 5.87. The molecule has 3 rings (SSSR count). The molecular formula is C18H27ClN2O. The van der Waals surface area contributed by atoms with E-state index in [-0.39, 0.29) is 18.3 Å². The third-order valence-electron chi connectivity index (χ3n) is 5.41. The lowest BCUT2D eigenvalue weighted by Crippen LogP contribution is -2.41. The summed E-state index contributed by atoms with van der Waals surface area (Å²) in [5.74, 6) is 1.42. The van der Waals surface area contributed by atoms with Crippen molar-refractivity contribution in [3.8, 4) is 0 Å². The number of rotatable bonds is 3. The van der Waals surface area contributed by atoms with Crippen molar-refractivity contribution in [1.29, 1.82) is 0 Å². The van der Waals surface area contributed by atoms with Gasteiger partial charge in [0.25, 0.3) is 0 Å². The molecule has 2 fully saturated rings. The second-order valence-corrected chi connectivity index (χ2v) is 6.72. The molecule has 2 N–H and O–H groups in total. The summed E-state index contributed by atoms with van der Waals surface area (Å²) >= 11 is 0. The third kappa shape index (κ3) is 3.31. The number of halogens is 1. The highest BCUT2D eigenvalue weighted by Crippen LogP contribution is 2.37. The molecule has 1 saturated heterocycles. The molecular weight excluding hydrogens is 296 g/mol. The van der Waals surface area contributed by atoms with Crippen LogP contribution >= 0.6 is 12.4 Å². The summed E-state index contributed by atoms with van der Waals surface area (Å²) in [6.07, 6.45) is 4.38. The first-order valence-electron chi connectivity index (χ1n) is 8.26. The molecule has 0 aromatic heterocycles. The highest BCUT2D eigenvalue weighted by Gasteiger charge is 2.40. The molecule has 1 aliphatic carbocycles. The van der Waals surface area contributed by atoms with E-state index in [1.807, 2.05) is 0 Å². The summed E-state index contributed by atoms with van der Waals surface area (Å²) in [5, 5.41) is 0. The molecule has 1 aromatic carbocycles. The minimum Gasteiger partial charge on any atom is -0.339 e. The average molecular weight is 323 g/mol. The lowest BCUT2D eigenvalue weighted by molar-refractivity contribution is -0.137. The average Bonchev–Trinajstić information content (AvgIpc) is 3.13. The Hall–Kier alpha value is -1.06. The van der Waals surface area contributed by atoms with E-state index in [0.29, 0.717) is 30.3 Å². The Labute approximate surface area is 139 Å². The Morgan fingerprint density at radius 1 is 1.27 bits per heavy atom. The fourth-order valence-electron chi connectivity index (χ4n) is 4.16. The van der Waals surface area contributed by atoms with Gasteiger partial charge in [-0.15, -0.1) is 12.4 Å². The maximum Gasteiger partial charge on any atom is 0.226 e. The van der Waals surface area contributed by atoms with Gasteiger partial charge >= 0.3 is 0 Å². The number of likely N-dealkylation sites (tertiary alicyclic amines) is 1. The molecule has 1 heterocycles. The molecule has 4 atom stereocenters. The van der Waals surface area contributed by atoms with E-state index in [1.165, 1.54) is 5.56 Å². The molecule has 1 saturated carbocycles.